The van der Waals surface area contributed by atoms with Crippen LogP contribution in [-0.4, -0.2) is 60.7 Å². The first kappa shape index (κ1) is 22.8. The summed E-state index contributed by atoms with van der Waals surface area (Å²) in [4.78, 5) is 16.5. The lowest BCUT2D eigenvalue weighted by Gasteiger charge is -2.27. The number of anilines is 3. The van der Waals surface area contributed by atoms with E-state index in [1.54, 1.807) is 13.4 Å². The van der Waals surface area contributed by atoms with Crippen LogP contribution in [0.5, 0.6) is 5.75 Å². The SMILES string of the molecule is COc1cc(-n2cnc(Nc3nc(N4CCC[C@H]4CO)c4cnn(C5CCC5)c4n3)c2)cc(C)c1C. The Labute approximate surface area is 209 Å². The molecule has 1 aromatic carbocycles. The largest absolute Gasteiger partial charge is 0.496 e. The van der Waals surface area contributed by atoms with Gasteiger partial charge in [0.1, 0.15) is 17.9 Å². The third-order valence-electron chi connectivity index (χ3n) is 7.66. The highest BCUT2D eigenvalue weighted by molar-refractivity contribution is 5.88. The van der Waals surface area contributed by atoms with Gasteiger partial charge in [0.05, 0.1) is 49.3 Å². The Balaban J connectivity index is 1.37. The van der Waals surface area contributed by atoms with Crippen LogP contribution < -0.4 is 15.0 Å². The number of aryl methyl sites for hydroxylation is 1. The molecular formula is C26H32N8O2. The number of aliphatic hydroxyl groups excluding tert-OH is 1. The van der Waals surface area contributed by atoms with E-state index in [2.05, 4.69) is 40.2 Å². The number of aliphatic hydroxyl groups is 1. The number of rotatable bonds is 7. The highest BCUT2D eigenvalue weighted by Crippen LogP contribution is 2.37. The van der Waals surface area contributed by atoms with E-state index < -0.39 is 0 Å². The van der Waals surface area contributed by atoms with Gasteiger partial charge in [0.25, 0.3) is 0 Å². The molecule has 1 aliphatic heterocycles. The molecule has 10 heteroatoms. The Morgan fingerprint density at radius 2 is 2.00 bits per heavy atom. The molecular weight excluding hydrogens is 456 g/mol. The van der Waals surface area contributed by atoms with Gasteiger partial charge < -0.3 is 24.6 Å². The van der Waals surface area contributed by atoms with Crippen LogP contribution in [-0.2, 0) is 0 Å². The van der Waals surface area contributed by atoms with Crippen LogP contribution in [0, 0.1) is 13.8 Å². The van der Waals surface area contributed by atoms with Gasteiger partial charge in [-0.15, -0.1) is 0 Å². The van der Waals surface area contributed by atoms with Crippen molar-refractivity contribution in [3.05, 3.63) is 42.0 Å². The van der Waals surface area contributed by atoms with Gasteiger partial charge >= 0.3 is 0 Å². The van der Waals surface area contributed by atoms with E-state index in [0.717, 1.165) is 71.6 Å². The average molecular weight is 489 g/mol. The summed E-state index contributed by atoms with van der Waals surface area (Å²) < 4.78 is 9.54. The number of benzene rings is 1. The molecule has 36 heavy (non-hydrogen) atoms. The minimum Gasteiger partial charge on any atom is -0.496 e. The topological polar surface area (TPSA) is 106 Å². The van der Waals surface area contributed by atoms with Crippen molar-refractivity contribution in [3.8, 4) is 11.4 Å². The quantitative estimate of drug-likeness (QED) is 0.401. The summed E-state index contributed by atoms with van der Waals surface area (Å²) >= 11 is 0. The number of nitrogens with one attached hydrogen (secondary N) is 1. The highest BCUT2D eigenvalue weighted by atomic mass is 16.5. The molecule has 0 bridgehead atoms. The number of hydrogen-bond acceptors (Lipinski definition) is 8. The maximum absolute atomic E-state index is 9.96. The minimum absolute atomic E-state index is 0.0574. The zero-order chi connectivity index (χ0) is 24.8. The summed E-state index contributed by atoms with van der Waals surface area (Å²) in [5, 5.41) is 18.9. The van der Waals surface area contributed by atoms with Crippen molar-refractivity contribution in [2.75, 3.05) is 30.5 Å². The second kappa shape index (κ2) is 9.09. The van der Waals surface area contributed by atoms with Crippen molar-refractivity contribution in [2.24, 2.45) is 0 Å². The second-order valence-corrected chi connectivity index (χ2v) is 9.84. The van der Waals surface area contributed by atoms with Crippen LogP contribution in [0.4, 0.5) is 17.6 Å². The molecule has 10 nitrogen and oxygen atoms in total. The fourth-order valence-corrected chi connectivity index (χ4v) is 5.20. The number of imidazole rings is 1. The number of ether oxygens (including phenoxy) is 1. The predicted molar refractivity (Wildman–Crippen MR) is 139 cm³/mol. The van der Waals surface area contributed by atoms with Crippen LogP contribution in [0.25, 0.3) is 16.7 Å². The van der Waals surface area contributed by atoms with E-state index in [9.17, 15) is 5.11 Å². The lowest BCUT2D eigenvalue weighted by Crippen LogP contribution is -2.33. The normalized spacial score (nSPS) is 18.1. The van der Waals surface area contributed by atoms with E-state index in [1.807, 2.05) is 27.7 Å². The molecule has 4 heterocycles. The van der Waals surface area contributed by atoms with Gasteiger partial charge in [0, 0.05) is 12.6 Å². The summed E-state index contributed by atoms with van der Waals surface area (Å²) in [5.74, 6) is 2.79. The number of hydrogen-bond donors (Lipinski definition) is 2. The van der Waals surface area contributed by atoms with Crippen LogP contribution in [0.15, 0.2) is 30.9 Å². The monoisotopic (exact) mass is 488 g/mol. The molecule has 1 saturated heterocycles. The van der Waals surface area contributed by atoms with Gasteiger partial charge in [-0.1, -0.05) is 0 Å². The van der Waals surface area contributed by atoms with Crippen LogP contribution in [0.2, 0.25) is 0 Å². The van der Waals surface area contributed by atoms with Crippen molar-refractivity contribution in [1.29, 1.82) is 0 Å². The second-order valence-electron chi connectivity index (χ2n) is 9.84. The van der Waals surface area contributed by atoms with Crippen molar-refractivity contribution in [1.82, 2.24) is 29.3 Å². The Morgan fingerprint density at radius 3 is 2.75 bits per heavy atom. The van der Waals surface area contributed by atoms with Gasteiger partial charge in [-0.2, -0.15) is 15.1 Å². The molecule has 1 saturated carbocycles. The molecule has 3 aromatic heterocycles. The Hall–Kier alpha value is -3.66. The third kappa shape index (κ3) is 3.85. The molecule has 2 fully saturated rings. The van der Waals surface area contributed by atoms with E-state index in [-0.39, 0.29) is 12.6 Å². The van der Waals surface area contributed by atoms with E-state index in [1.165, 1.54) is 6.42 Å². The van der Waals surface area contributed by atoms with Gasteiger partial charge in [0.15, 0.2) is 11.5 Å². The average Bonchev–Trinajstić information content (AvgIpc) is 3.60. The van der Waals surface area contributed by atoms with Gasteiger partial charge in [0.2, 0.25) is 5.95 Å². The Kier molecular flexibility index (Phi) is 5.75. The van der Waals surface area contributed by atoms with Crippen molar-refractivity contribution >= 4 is 28.6 Å². The fourth-order valence-electron chi connectivity index (χ4n) is 5.20. The summed E-state index contributed by atoms with van der Waals surface area (Å²) in [6, 6.07) is 4.56. The minimum atomic E-state index is 0.0574. The zero-order valence-electron chi connectivity index (χ0n) is 21.0. The molecule has 4 aromatic rings. The highest BCUT2D eigenvalue weighted by Gasteiger charge is 2.30. The fraction of sp³-hybridized carbons (Fsp3) is 0.462. The van der Waals surface area contributed by atoms with E-state index >= 15 is 0 Å². The van der Waals surface area contributed by atoms with Gasteiger partial charge in [-0.25, -0.2) is 9.67 Å². The predicted octanol–water partition coefficient (Wildman–Crippen LogP) is 4.07. The lowest BCUT2D eigenvalue weighted by atomic mass is 9.93. The third-order valence-corrected chi connectivity index (χ3v) is 7.66. The lowest BCUT2D eigenvalue weighted by molar-refractivity contribution is 0.266. The van der Waals surface area contributed by atoms with Crippen LogP contribution in [0.1, 0.15) is 49.3 Å². The van der Waals surface area contributed by atoms with Crippen LogP contribution in [0.3, 0.4) is 0 Å². The maximum atomic E-state index is 9.96. The molecule has 1 aliphatic carbocycles. The number of aromatic nitrogens is 6. The number of nitrogens with zero attached hydrogens (tertiary/aromatic N) is 7. The Bertz CT molecular complexity index is 1410. The molecule has 6 rings (SSSR count). The van der Waals surface area contributed by atoms with Crippen molar-refractivity contribution in [3.63, 3.8) is 0 Å². The van der Waals surface area contributed by atoms with Crippen molar-refractivity contribution < 1.29 is 9.84 Å². The van der Waals surface area contributed by atoms with E-state index in [4.69, 9.17) is 14.7 Å². The molecule has 2 N–H and O–H groups in total. The zero-order valence-corrected chi connectivity index (χ0v) is 21.0. The summed E-state index contributed by atoms with van der Waals surface area (Å²) in [6.07, 6.45) is 11.0. The first-order valence-electron chi connectivity index (χ1n) is 12.6. The molecule has 188 valence electrons. The van der Waals surface area contributed by atoms with Gasteiger partial charge in [-0.05, 0) is 63.1 Å². The summed E-state index contributed by atoms with van der Waals surface area (Å²) in [7, 11) is 1.69. The molecule has 0 amide bonds. The number of fused-ring (bicyclic) bond motifs is 1. The first-order valence-corrected chi connectivity index (χ1v) is 12.6. The smallest absolute Gasteiger partial charge is 0.232 e. The molecule has 0 radical (unpaired) electrons. The molecule has 0 spiro atoms. The first-order chi connectivity index (χ1) is 17.6. The maximum Gasteiger partial charge on any atom is 0.232 e. The van der Waals surface area contributed by atoms with E-state index in [0.29, 0.717) is 17.8 Å². The summed E-state index contributed by atoms with van der Waals surface area (Å²) in [5.41, 5.74) is 4.08. The molecule has 1 atom stereocenters. The van der Waals surface area contributed by atoms with Crippen LogP contribution >= 0.6 is 0 Å². The standard InChI is InChI=1S/C26H32N8O2/c1-16-10-20(11-22(36-3)17(16)2)32-13-23(27-15-32)29-26-30-24(33-9-5-8-19(33)14-35)21-12-28-34(25(21)31-26)18-6-4-7-18/h10-13,15,18-19,35H,4-9,14H2,1-3H3,(H,29,30,31)/t19-/m0/s1. The Morgan fingerprint density at radius 1 is 1.14 bits per heavy atom. The van der Waals surface area contributed by atoms with Crippen molar-refractivity contribution in [2.45, 2.75) is 58.0 Å². The number of methoxy groups -OCH3 is 1. The summed E-state index contributed by atoms with van der Waals surface area (Å²) in [6.45, 7) is 5.09. The van der Waals surface area contributed by atoms with Gasteiger partial charge in [-0.3, -0.25) is 0 Å². The molecule has 0 unspecified atom stereocenters. The molecule has 2 aliphatic rings.